The Bertz CT molecular complexity index is 344. The summed E-state index contributed by atoms with van der Waals surface area (Å²) < 4.78 is 23.1. The zero-order valence-corrected chi connectivity index (χ0v) is 10.5. The predicted octanol–water partition coefficient (Wildman–Crippen LogP) is 2.06. The van der Waals surface area contributed by atoms with E-state index in [4.69, 9.17) is 0 Å². The van der Waals surface area contributed by atoms with Crippen LogP contribution in [0.3, 0.4) is 0 Å². The highest BCUT2D eigenvalue weighted by molar-refractivity contribution is 8.78. The van der Waals surface area contributed by atoms with E-state index in [0.717, 1.165) is 10.5 Å². The van der Waals surface area contributed by atoms with Gasteiger partial charge in [-0.1, -0.05) is 5.57 Å². The van der Waals surface area contributed by atoms with E-state index in [9.17, 15) is 8.42 Å². The maximum absolute atomic E-state index is 11.6. The molecule has 1 rings (SSSR count). The first-order valence-corrected chi connectivity index (χ1v) is 7.09. The summed E-state index contributed by atoms with van der Waals surface area (Å²) in [6.45, 7) is 7.78. The van der Waals surface area contributed by atoms with E-state index in [0.29, 0.717) is 15.5 Å². The van der Waals surface area contributed by atoms with Crippen molar-refractivity contribution in [2.45, 2.75) is 27.7 Å². The van der Waals surface area contributed by atoms with E-state index in [2.05, 4.69) is 0 Å². The molecule has 1 aliphatic heterocycles. The Labute approximate surface area is 88.1 Å². The minimum Gasteiger partial charge on any atom is -0.243 e. The maximum Gasteiger partial charge on any atom is 0.115 e. The molecule has 13 heavy (non-hydrogen) atoms. The molecule has 0 bridgehead atoms. The minimum atomic E-state index is -1.05. The van der Waals surface area contributed by atoms with Crippen LogP contribution in [0.25, 0.3) is 0 Å². The van der Waals surface area contributed by atoms with Crippen molar-refractivity contribution < 1.29 is 8.42 Å². The lowest BCUT2D eigenvalue weighted by Crippen LogP contribution is -2.18. The van der Waals surface area contributed by atoms with Crippen LogP contribution in [0.5, 0.6) is 0 Å². The molecule has 2 nitrogen and oxygen atoms in total. The van der Waals surface area contributed by atoms with Crippen LogP contribution in [0.4, 0.5) is 0 Å². The Balaban J connectivity index is 3.38. The fourth-order valence-corrected chi connectivity index (χ4v) is 6.58. The molecule has 1 saturated heterocycles. The summed E-state index contributed by atoms with van der Waals surface area (Å²) in [6, 6.07) is 0. The van der Waals surface area contributed by atoms with Gasteiger partial charge in [0, 0.05) is 10.3 Å². The van der Waals surface area contributed by atoms with Gasteiger partial charge >= 0.3 is 0 Å². The molecular formula is C8H12O2S3. The lowest BCUT2D eigenvalue weighted by Gasteiger charge is -2.17. The highest BCUT2D eigenvalue weighted by atomic mass is 33.1. The largest absolute Gasteiger partial charge is 0.243 e. The maximum atomic E-state index is 11.6. The number of rotatable bonds is 0. The zero-order valence-electron chi connectivity index (χ0n) is 8.04. The first-order chi connectivity index (χ1) is 5.91. The zero-order chi connectivity index (χ0) is 10.2. The van der Waals surface area contributed by atoms with Gasteiger partial charge in [0.15, 0.2) is 0 Å². The summed E-state index contributed by atoms with van der Waals surface area (Å²) in [6.07, 6.45) is 0. The Morgan fingerprint density at radius 2 is 2.00 bits per heavy atom. The number of hydrogen-bond acceptors (Lipinski definition) is 3. The van der Waals surface area contributed by atoms with E-state index in [-0.39, 0.29) is 5.41 Å². The molecule has 0 spiro atoms. The SMILES string of the molecule is CC(C)=C1S(=O)SC(=S=O)C1(C)C. The topological polar surface area (TPSA) is 34.1 Å². The van der Waals surface area contributed by atoms with E-state index >= 15 is 0 Å². The van der Waals surface area contributed by atoms with Crippen LogP contribution >= 0.6 is 10.8 Å². The molecular weight excluding hydrogens is 224 g/mol. The van der Waals surface area contributed by atoms with Gasteiger partial charge in [-0.3, -0.25) is 0 Å². The Hall–Kier alpha value is 0.130. The van der Waals surface area contributed by atoms with Crippen molar-refractivity contribution in [1.82, 2.24) is 0 Å². The highest BCUT2D eigenvalue weighted by Gasteiger charge is 2.42. The second-order valence-corrected chi connectivity index (χ2v) is 7.34. The second kappa shape index (κ2) is 3.71. The first kappa shape index (κ1) is 11.2. The monoisotopic (exact) mass is 236 g/mol. The molecule has 0 aromatic heterocycles. The lowest BCUT2D eigenvalue weighted by molar-refractivity contribution is 0.656. The standard InChI is InChI=1S/C8H12O2S3/c1-5(2)6-8(3,4)7(11-9)12-13(6)10/h1-4H3. The first-order valence-electron chi connectivity index (χ1n) is 3.86. The summed E-state index contributed by atoms with van der Waals surface area (Å²) in [5.74, 6) is 0. The summed E-state index contributed by atoms with van der Waals surface area (Å²) in [5, 5.41) is 0. The average Bonchev–Trinajstić information content (AvgIpc) is 2.20. The fourth-order valence-electron chi connectivity index (χ4n) is 1.43. The van der Waals surface area contributed by atoms with Crippen LogP contribution < -0.4 is 0 Å². The molecule has 0 aromatic carbocycles. The average molecular weight is 236 g/mol. The van der Waals surface area contributed by atoms with Crippen LogP contribution in [-0.2, 0) is 21.1 Å². The van der Waals surface area contributed by atoms with Crippen LogP contribution in [-0.4, -0.2) is 12.6 Å². The molecule has 1 fully saturated rings. The van der Waals surface area contributed by atoms with Gasteiger partial charge in [-0.2, -0.15) is 0 Å². The van der Waals surface area contributed by atoms with Gasteiger partial charge in [0.05, 0.1) is 0 Å². The van der Waals surface area contributed by atoms with Crippen molar-refractivity contribution in [3.05, 3.63) is 10.5 Å². The van der Waals surface area contributed by atoms with Crippen LogP contribution in [0.15, 0.2) is 10.5 Å². The third-order valence-electron chi connectivity index (χ3n) is 1.93. The Morgan fingerprint density at radius 1 is 1.46 bits per heavy atom. The van der Waals surface area contributed by atoms with Crippen molar-refractivity contribution in [2.24, 2.45) is 5.41 Å². The Morgan fingerprint density at radius 3 is 2.23 bits per heavy atom. The fraction of sp³-hybridized carbons (Fsp3) is 0.625. The molecule has 0 aliphatic carbocycles. The van der Waals surface area contributed by atoms with E-state index in [1.165, 1.54) is 10.8 Å². The van der Waals surface area contributed by atoms with Gasteiger partial charge in [-0.25, -0.2) is 8.42 Å². The molecule has 5 heteroatoms. The van der Waals surface area contributed by atoms with E-state index < -0.39 is 9.83 Å². The molecule has 1 atom stereocenters. The van der Waals surface area contributed by atoms with Gasteiger partial charge in [-0.15, -0.1) is 0 Å². The molecule has 0 saturated carbocycles. The van der Waals surface area contributed by atoms with Gasteiger partial charge in [0.2, 0.25) is 0 Å². The number of allylic oxidation sites excluding steroid dienone is 2. The Kier molecular flexibility index (Phi) is 3.20. The predicted molar refractivity (Wildman–Crippen MR) is 61.0 cm³/mol. The molecule has 0 amide bonds. The molecule has 1 aliphatic rings. The quantitative estimate of drug-likeness (QED) is 0.477. The van der Waals surface area contributed by atoms with Crippen molar-refractivity contribution in [3.63, 3.8) is 0 Å². The van der Waals surface area contributed by atoms with Crippen molar-refractivity contribution in [2.75, 3.05) is 0 Å². The van der Waals surface area contributed by atoms with Gasteiger partial charge < -0.3 is 0 Å². The third-order valence-corrected chi connectivity index (χ3v) is 6.88. The van der Waals surface area contributed by atoms with Crippen LogP contribution in [0.1, 0.15) is 27.7 Å². The van der Waals surface area contributed by atoms with Crippen LogP contribution in [0, 0.1) is 5.41 Å². The highest BCUT2D eigenvalue weighted by Crippen LogP contribution is 2.47. The normalized spacial score (nSPS) is 26.3. The number of hydrogen-bond donors (Lipinski definition) is 0. The minimum absolute atomic E-state index is 0.319. The van der Waals surface area contributed by atoms with Crippen molar-refractivity contribution in [1.29, 1.82) is 0 Å². The summed E-state index contributed by atoms with van der Waals surface area (Å²) >= 11 is 0.467. The van der Waals surface area contributed by atoms with E-state index in [1.54, 1.807) is 0 Å². The van der Waals surface area contributed by atoms with Gasteiger partial charge in [-0.05, 0) is 38.5 Å². The van der Waals surface area contributed by atoms with Gasteiger partial charge in [0.1, 0.15) is 25.3 Å². The second-order valence-electron chi connectivity index (χ2n) is 3.64. The lowest BCUT2D eigenvalue weighted by atomic mass is 9.93. The van der Waals surface area contributed by atoms with Crippen LogP contribution in [0.2, 0.25) is 0 Å². The smallest absolute Gasteiger partial charge is 0.115 e. The van der Waals surface area contributed by atoms with Crippen molar-refractivity contribution in [3.8, 4) is 0 Å². The van der Waals surface area contributed by atoms with Crippen molar-refractivity contribution >= 4 is 36.1 Å². The molecule has 1 unspecified atom stereocenters. The summed E-state index contributed by atoms with van der Waals surface area (Å²) in [4.78, 5) is 0.899. The summed E-state index contributed by atoms with van der Waals surface area (Å²) in [5.41, 5.74) is 0.737. The molecule has 1 heterocycles. The molecule has 0 N–H and O–H groups in total. The van der Waals surface area contributed by atoms with E-state index in [1.807, 2.05) is 27.7 Å². The summed E-state index contributed by atoms with van der Waals surface area (Å²) in [7, 11) is 0.139. The molecule has 0 radical (unpaired) electrons. The molecule has 0 aromatic rings. The third kappa shape index (κ3) is 1.82. The van der Waals surface area contributed by atoms with Gasteiger partial charge in [0.25, 0.3) is 0 Å². The molecule has 74 valence electrons.